The van der Waals surface area contributed by atoms with Gasteiger partial charge in [0.2, 0.25) is 10.0 Å². The molecule has 21 heavy (non-hydrogen) atoms. The van der Waals surface area contributed by atoms with Gasteiger partial charge < -0.3 is 10.0 Å². The lowest BCUT2D eigenvalue weighted by Gasteiger charge is -2.33. The van der Waals surface area contributed by atoms with E-state index in [-0.39, 0.29) is 16.5 Å². The smallest absolute Gasteiger partial charge is 0.337 e. The molecule has 1 aliphatic rings. The number of benzene rings is 1. The third kappa shape index (κ3) is 3.54. The molecule has 0 aliphatic heterocycles. The number of primary sulfonamides is 1. The van der Waals surface area contributed by atoms with Crippen molar-refractivity contribution in [3.63, 3.8) is 0 Å². The normalized spacial score (nSPS) is 16.7. The highest BCUT2D eigenvalue weighted by Gasteiger charge is 2.23. The van der Waals surface area contributed by atoms with Gasteiger partial charge in [-0.05, 0) is 31.0 Å². The van der Waals surface area contributed by atoms with Gasteiger partial charge in [0.25, 0.3) is 0 Å². The maximum atomic E-state index is 11.4. The SMILES string of the molecule is CN(c1ccc(S(N)(=O)=O)cc1C(=O)O)C1CCCCC1. The van der Waals surface area contributed by atoms with Crippen molar-refractivity contribution < 1.29 is 18.3 Å². The Morgan fingerprint density at radius 1 is 1.29 bits per heavy atom. The molecule has 0 radical (unpaired) electrons. The monoisotopic (exact) mass is 312 g/mol. The van der Waals surface area contributed by atoms with Crippen LogP contribution in [-0.2, 0) is 10.0 Å². The fraction of sp³-hybridized carbons (Fsp3) is 0.500. The van der Waals surface area contributed by atoms with Gasteiger partial charge in [0, 0.05) is 13.1 Å². The van der Waals surface area contributed by atoms with Crippen molar-refractivity contribution in [2.75, 3.05) is 11.9 Å². The number of rotatable bonds is 4. The molecule has 1 aromatic carbocycles. The van der Waals surface area contributed by atoms with Gasteiger partial charge in [-0.3, -0.25) is 0 Å². The molecule has 0 aromatic heterocycles. The van der Waals surface area contributed by atoms with Gasteiger partial charge in [0.15, 0.2) is 0 Å². The lowest BCUT2D eigenvalue weighted by atomic mass is 9.94. The van der Waals surface area contributed by atoms with Crippen molar-refractivity contribution >= 4 is 21.7 Å². The van der Waals surface area contributed by atoms with E-state index in [0.29, 0.717) is 5.69 Å². The molecule has 2 rings (SSSR count). The van der Waals surface area contributed by atoms with Crippen molar-refractivity contribution in [2.45, 2.75) is 43.0 Å². The number of aromatic carboxylic acids is 1. The molecular weight excluding hydrogens is 292 g/mol. The summed E-state index contributed by atoms with van der Waals surface area (Å²) < 4.78 is 22.7. The van der Waals surface area contributed by atoms with Crippen LogP contribution in [-0.4, -0.2) is 32.6 Å². The number of hydrogen-bond donors (Lipinski definition) is 2. The second kappa shape index (κ2) is 6.03. The van der Waals surface area contributed by atoms with Crippen LogP contribution in [0, 0.1) is 0 Å². The van der Waals surface area contributed by atoms with E-state index in [1.807, 2.05) is 11.9 Å². The minimum absolute atomic E-state index is 0.0328. The van der Waals surface area contributed by atoms with E-state index >= 15 is 0 Å². The van der Waals surface area contributed by atoms with Crippen LogP contribution in [0.2, 0.25) is 0 Å². The fourth-order valence-corrected chi connectivity index (χ4v) is 3.38. The first-order valence-electron chi connectivity index (χ1n) is 6.93. The van der Waals surface area contributed by atoms with Gasteiger partial charge in [-0.1, -0.05) is 19.3 Å². The molecule has 0 unspecified atom stereocenters. The molecule has 3 N–H and O–H groups in total. The Balaban J connectivity index is 2.40. The third-order valence-electron chi connectivity index (χ3n) is 4.03. The summed E-state index contributed by atoms with van der Waals surface area (Å²) in [7, 11) is -2.05. The predicted octanol–water partition coefficient (Wildman–Crippen LogP) is 1.80. The van der Waals surface area contributed by atoms with E-state index in [4.69, 9.17) is 5.14 Å². The van der Waals surface area contributed by atoms with Crippen LogP contribution >= 0.6 is 0 Å². The summed E-state index contributed by atoms with van der Waals surface area (Å²) in [5, 5.41) is 14.4. The first-order chi connectivity index (χ1) is 9.80. The van der Waals surface area contributed by atoms with Gasteiger partial charge in [-0.25, -0.2) is 18.4 Å². The highest BCUT2D eigenvalue weighted by molar-refractivity contribution is 7.89. The molecule has 0 bridgehead atoms. The van der Waals surface area contributed by atoms with Gasteiger partial charge in [0.1, 0.15) is 0 Å². The van der Waals surface area contributed by atoms with E-state index in [1.54, 1.807) is 0 Å². The second-order valence-corrected chi connectivity index (χ2v) is 6.99. The van der Waals surface area contributed by atoms with E-state index in [2.05, 4.69) is 0 Å². The molecule has 7 heteroatoms. The molecule has 0 amide bonds. The summed E-state index contributed by atoms with van der Waals surface area (Å²) in [6.07, 6.45) is 5.51. The standard InChI is InChI=1S/C14H20N2O4S/c1-16(10-5-3-2-4-6-10)13-8-7-11(21(15,19)20)9-12(13)14(17)18/h7-10H,2-6H2,1H3,(H,17,18)(H2,15,19,20). The number of nitrogens with zero attached hydrogens (tertiary/aromatic N) is 1. The number of carboxylic acids is 1. The van der Waals surface area contributed by atoms with E-state index in [9.17, 15) is 18.3 Å². The Kier molecular flexibility index (Phi) is 4.53. The molecule has 0 spiro atoms. The van der Waals surface area contributed by atoms with E-state index in [0.717, 1.165) is 31.7 Å². The first-order valence-corrected chi connectivity index (χ1v) is 8.48. The number of anilines is 1. The Morgan fingerprint density at radius 2 is 1.90 bits per heavy atom. The fourth-order valence-electron chi connectivity index (χ4n) is 2.84. The maximum Gasteiger partial charge on any atom is 0.337 e. The van der Waals surface area contributed by atoms with Gasteiger partial charge in [0.05, 0.1) is 16.1 Å². The van der Waals surface area contributed by atoms with Crippen LogP contribution in [0.25, 0.3) is 0 Å². The summed E-state index contributed by atoms with van der Waals surface area (Å²) in [5.74, 6) is -1.15. The van der Waals surface area contributed by atoms with Crippen molar-refractivity contribution in [1.82, 2.24) is 0 Å². The van der Waals surface area contributed by atoms with E-state index < -0.39 is 16.0 Å². The molecule has 6 nitrogen and oxygen atoms in total. The van der Waals surface area contributed by atoms with Crippen LogP contribution in [0.5, 0.6) is 0 Å². The third-order valence-corrected chi connectivity index (χ3v) is 4.94. The summed E-state index contributed by atoms with van der Waals surface area (Å²) in [5.41, 5.74) is 0.497. The number of nitrogens with two attached hydrogens (primary N) is 1. The van der Waals surface area contributed by atoms with E-state index in [1.165, 1.54) is 18.6 Å². The largest absolute Gasteiger partial charge is 0.478 e. The van der Waals surface area contributed by atoms with Crippen molar-refractivity contribution in [1.29, 1.82) is 0 Å². The molecule has 0 heterocycles. The Morgan fingerprint density at radius 3 is 2.43 bits per heavy atom. The van der Waals surface area contributed by atoms with Gasteiger partial charge in [-0.15, -0.1) is 0 Å². The molecule has 0 atom stereocenters. The van der Waals surface area contributed by atoms with Crippen LogP contribution in [0.4, 0.5) is 5.69 Å². The van der Waals surface area contributed by atoms with Crippen molar-refractivity contribution in [2.24, 2.45) is 5.14 Å². The Hall–Kier alpha value is -1.60. The minimum Gasteiger partial charge on any atom is -0.478 e. The van der Waals surface area contributed by atoms with Crippen molar-refractivity contribution in [3.8, 4) is 0 Å². The zero-order valence-corrected chi connectivity index (χ0v) is 12.8. The summed E-state index contributed by atoms with van der Waals surface area (Å²) in [4.78, 5) is 13.2. The van der Waals surface area contributed by atoms with Crippen LogP contribution in [0.1, 0.15) is 42.5 Å². The zero-order valence-electron chi connectivity index (χ0n) is 11.9. The molecule has 0 saturated heterocycles. The topological polar surface area (TPSA) is 101 Å². The Labute approximate surface area is 124 Å². The lowest BCUT2D eigenvalue weighted by Crippen LogP contribution is -2.34. The number of sulfonamides is 1. The molecular formula is C14H20N2O4S. The molecule has 116 valence electrons. The average Bonchev–Trinajstić information content (AvgIpc) is 2.45. The average molecular weight is 312 g/mol. The van der Waals surface area contributed by atoms with Gasteiger partial charge in [-0.2, -0.15) is 0 Å². The first kappa shape index (κ1) is 15.8. The van der Waals surface area contributed by atoms with Gasteiger partial charge >= 0.3 is 5.97 Å². The Bertz CT molecular complexity index is 636. The van der Waals surface area contributed by atoms with Crippen LogP contribution in [0.3, 0.4) is 0 Å². The number of carboxylic acid groups (broad SMARTS) is 1. The van der Waals surface area contributed by atoms with Crippen molar-refractivity contribution in [3.05, 3.63) is 23.8 Å². The molecule has 1 aliphatic carbocycles. The summed E-state index contributed by atoms with van der Waals surface area (Å²) in [6, 6.07) is 4.30. The molecule has 1 fully saturated rings. The highest BCUT2D eigenvalue weighted by atomic mass is 32.2. The highest BCUT2D eigenvalue weighted by Crippen LogP contribution is 2.29. The maximum absolute atomic E-state index is 11.4. The molecule has 1 saturated carbocycles. The minimum atomic E-state index is -3.91. The lowest BCUT2D eigenvalue weighted by molar-refractivity contribution is 0.0697. The predicted molar refractivity (Wildman–Crippen MR) is 80.1 cm³/mol. The second-order valence-electron chi connectivity index (χ2n) is 5.43. The summed E-state index contributed by atoms with van der Waals surface area (Å²) in [6.45, 7) is 0. The zero-order chi connectivity index (χ0) is 15.6. The van der Waals surface area contributed by atoms with Crippen LogP contribution in [0.15, 0.2) is 23.1 Å². The quantitative estimate of drug-likeness (QED) is 0.883. The molecule has 1 aromatic rings. The summed E-state index contributed by atoms with van der Waals surface area (Å²) >= 11 is 0. The number of carbonyl (C=O) groups is 1. The number of hydrogen-bond acceptors (Lipinski definition) is 4. The van der Waals surface area contributed by atoms with Crippen LogP contribution < -0.4 is 10.0 Å².